The van der Waals surface area contributed by atoms with Crippen molar-refractivity contribution in [2.45, 2.75) is 67.5 Å². The lowest BCUT2D eigenvalue weighted by Crippen LogP contribution is -2.55. The zero-order valence-corrected chi connectivity index (χ0v) is 24.3. The van der Waals surface area contributed by atoms with Gasteiger partial charge in [0.05, 0.1) is 20.1 Å². The third-order valence-electron chi connectivity index (χ3n) is 8.42. The maximum Gasteiger partial charge on any atom is 0.310 e. The molecule has 0 saturated carbocycles. The van der Waals surface area contributed by atoms with E-state index in [0.717, 1.165) is 0 Å². The lowest BCUT2D eigenvalue weighted by Gasteiger charge is -2.40. The van der Waals surface area contributed by atoms with Crippen LogP contribution in [0.4, 0.5) is 0 Å². The quantitative estimate of drug-likeness (QED) is 0.131. The third kappa shape index (κ3) is 6.56. The smallest absolute Gasteiger partial charge is 0.310 e. The number of carbonyl (C=O) groups is 2. The van der Waals surface area contributed by atoms with Crippen LogP contribution in [-0.4, -0.2) is 111 Å². The van der Waals surface area contributed by atoms with Crippen LogP contribution >= 0.6 is 0 Å². The predicted octanol–water partition coefficient (Wildman–Crippen LogP) is -0.0275. The number of hydrogen-bond donors (Lipinski definition) is 7. The van der Waals surface area contributed by atoms with Gasteiger partial charge < -0.3 is 54.8 Å². The number of ether oxygens (including phenoxy) is 3. The predicted molar refractivity (Wildman–Crippen MR) is 157 cm³/mol. The molecule has 12 heteroatoms. The summed E-state index contributed by atoms with van der Waals surface area (Å²) in [5.74, 6) is -0.488. The highest BCUT2D eigenvalue weighted by molar-refractivity contribution is 5.81. The highest BCUT2D eigenvalue weighted by Gasteiger charge is 2.45. The van der Waals surface area contributed by atoms with Gasteiger partial charge in [0, 0.05) is 0 Å². The summed E-state index contributed by atoms with van der Waals surface area (Å²) >= 11 is 0. The number of benzene rings is 3. The molecular weight excluding hydrogens is 588 g/mol. The van der Waals surface area contributed by atoms with Gasteiger partial charge >= 0.3 is 5.97 Å². The van der Waals surface area contributed by atoms with E-state index in [4.69, 9.17) is 14.2 Å². The van der Waals surface area contributed by atoms with E-state index >= 15 is 0 Å². The molecule has 0 aromatic heterocycles. The lowest BCUT2D eigenvalue weighted by molar-refractivity contribution is -0.231. The Hall–Kier alpha value is -3.56. The Bertz CT molecular complexity index is 1510. The molecule has 0 amide bonds. The molecule has 2 saturated heterocycles. The summed E-state index contributed by atoms with van der Waals surface area (Å²) in [5.41, 5.74) is 4.25. The number of esters is 1. The van der Waals surface area contributed by atoms with Crippen LogP contribution in [0.25, 0.3) is 22.3 Å². The van der Waals surface area contributed by atoms with Gasteiger partial charge in [-0.15, -0.1) is 0 Å². The molecule has 0 bridgehead atoms. The van der Waals surface area contributed by atoms with Crippen LogP contribution in [0.1, 0.15) is 28.9 Å². The number of methoxy groups -OCH3 is 1. The molecule has 10 atom stereocenters. The highest BCUT2D eigenvalue weighted by atomic mass is 16.5. The Morgan fingerprint density at radius 1 is 0.733 bits per heavy atom. The minimum Gasteiger partial charge on any atom is -0.469 e. The number of aliphatic hydroxyl groups excluding tert-OH is 7. The number of aliphatic hydroxyl groups is 7. The van der Waals surface area contributed by atoms with E-state index in [1.807, 2.05) is 6.07 Å². The van der Waals surface area contributed by atoms with Crippen molar-refractivity contribution in [1.82, 2.24) is 0 Å². The average molecular weight is 625 g/mol. The molecule has 0 aliphatic carbocycles. The molecule has 12 nitrogen and oxygen atoms in total. The highest BCUT2D eigenvalue weighted by Crippen LogP contribution is 2.37. The maximum absolute atomic E-state index is 12.5. The molecular formula is C33H36O12. The fraction of sp³-hybridized carbons (Fsp3) is 0.394. The van der Waals surface area contributed by atoms with E-state index < -0.39 is 73.6 Å². The molecule has 2 aliphatic rings. The minimum atomic E-state index is -1.59. The van der Waals surface area contributed by atoms with E-state index in [2.05, 4.69) is 0 Å². The Morgan fingerprint density at radius 2 is 1.31 bits per heavy atom. The van der Waals surface area contributed by atoms with Crippen LogP contribution < -0.4 is 0 Å². The summed E-state index contributed by atoms with van der Waals surface area (Å²) in [6, 6.07) is 19.3. The number of hydrogen-bond acceptors (Lipinski definition) is 12. The monoisotopic (exact) mass is 624 g/mol. The molecule has 0 radical (unpaired) electrons. The van der Waals surface area contributed by atoms with Crippen molar-refractivity contribution >= 4 is 12.3 Å². The summed E-state index contributed by atoms with van der Waals surface area (Å²) in [7, 11) is 1.28. The van der Waals surface area contributed by atoms with E-state index in [1.165, 1.54) is 7.11 Å². The fourth-order valence-electron chi connectivity index (χ4n) is 5.88. The van der Waals surface area contributed by atoms with Gasteiger partial charge in [-0.3, -0.25) is 4.79 Å². The standard InChI is InChI=1S/C33H36O12/c1-43-25(36)13-21-11-17(16-4-2-6-19(10-16)32-30(41)28(39)26(37)23(14-34)44-32)8-9-22(21)18-5-3-7-20(12-18)33-31(42)29(40)27(38)24(15-35)45-33/h2-12,14,23-24,26-33,35,37-42H,13,15H2,1H3. The fourth-order valence-corrected chi connectivity index (χ4v) is 5.88. The normalized spacial score (nSPS) is 31.7. The van der Waals surface area contributed by atoms with Crippen molar-refractivity contribution in [3.8, 4) is 22.3 Å². The van der Waals surface area contributed by atoms with E-state index in [-0.39, 0.29) is 6.42 Å². The molecule has 10 unspecified atom stereocenters. The van der Waals surface area contributed by atoms with Gasteiger partial charge in [0.2, 0.25) is 0 Å². The van der Waals surface area contributed by atoms with Crippen LogP contribution in [0.5, 0.6) is 0 Å². The van der Waals surface area contributed by atoms with Crippen LogP contribution in [-0.2, 0) is 30.2 Å². The second-order valence-electron chi connectivity index (χ2n) is 11.3. The SMILES string of the molecule is COC(=O)Cc1cc(-c2cccc(C3OC(C=O)C(O)C(O)C3O)c2)ccc1-c1cccc(C2OC(CO)C(O)C(O)C2O)c1. The van der Waals surface area contributed by atoms with Crippen molar-refractivity contribution in [2.24, 2.45) is 0 Å². The van der Waals surface area contributed by atoms with Crippen molar-refractivity contribution in [2.75, 3.05) is 13.7 Å². The van der Waals surface area contributed by atoms with Gasteiger partial charge in [-0.1, -0.05) is 48.5 Å². The molecule has 5 rings (SSSR count). The van der Waals surface area contributed by atoms with Crippen molar-refractivity contribution in [3.05, 3.63) is 83.4 Å². The Labute approximate surface area is 258 Å². The zero-order valence-electron chi connectivity index (χ0n) is 24.3. The number of aldehydes is 1. The van der Waals surface area contributed by atoms with Gasteiger partial charge in [-0.2, -0.15) is 0 Å². The molecule has 240 valence electrons. The lowest BCUT2D eigenvalue weighted by atomic mass is 9.88. The summed E-state index contributed by atoms with van der Waals surface area (Å²) in [5, 5.41) is 71.6. The molecule has 2 aliphatic heterocycles. The van der Waals surface area contributed by atoms with Crippen LogP contribution in [0, 0.1) is 0 Å². The first-order valence-electron chi connectivity index (χ1n) is 14.4. The molecule has 3 aromatic carbocycles. The van der Waals surface area contributed by atoms with Gasteiger partial charge in [0.1, 0.15) is 61.0 Å². The second-order valence-corrected chi connectivity index (χ2v) is 11.3. The molecule has 3 aromatic rings. The first-order valence-corrected chi connectivity index (χ1v) is 14.4. The largest absolute Gasteiger partial charge is 0.469 e. The van der Waals surface area contributed by atoms with E-state index in [1.54, 1.807) is 60.7 Å². The van der Waals surface area contributed by atoms with Crippen molar-refractivity contribution in [3.63, 3.8) is 0 Å². The number of rotatable bonds is 8. The van der Waals surface area contributed by atoms with Crippen molar-refractivity contribution < 1.29 is 59.5 Å². The van der Waals surface area contributed by atoms with Gasteiger partial charge in [-0.05, 0) is 57.1 Å². The maximum atomic E-state index is 12.5. The molecule has 0 spiro atoms. The molecule has 2 heterocycles. The Kier molecular flexibility index (Phi) is 10.1. The summed E-state index contributed by atoms with van der Waals surface area (Å²) in [6.07, 6.45) is -13.3. The third-order valence-corrected chi connectivity index (χ3v) is 8.42. The average Bonchev–Trinajstić information content (AvgIpc) is 3.06. The number of carbonyl (C=O) groups excluding carboxylic acids is 2. The Balaban J connectivity index is 1.50. The van der Waals surface area contributed by atoms with Gasteiger partial charge in [-0.25, -0.2) is 0 Å². The molecule has 2 fully saturated rings. The van der Waals surface area contributed by atoms with E-state index in [0.29, 0.717) is 45.2 Å². The van der Waals surface area contributed by atoms with Gasteiger partial charge in [0.25, 0.3) is 0 Å². The summed E-state index contributed by atoms with van der Waals surface area (Å²) < 4.78 is 16.3. The van der Waals surface area contributed by atoms with Crippen molar-refractivity contribution in [1.29, 1.82) is 0 Å². The first kappa shape index (κ1) is 32.8. The second kappa shape index (κ2) is 13.8. The van der Waals surface area contributed by atoms with Crippen LogP contribution in [0.2, 0.25) is 0 Å². The van der Waals surface area contributed by atoms with E-state index in [9.17, 15) is 45.3 Å². The molecule has 45 heavy (non-hydrogen) atoms. The zero-order chi connectivity index (χ0) is 32.4. The van der Waals surface area contributed by atoms with Crippen LogP contribution in [0.3, 0.4) is 0 Å². The van der Waals surface area contributed by atoms with Crippen LogP contribution in [0.15, 0.2) is 66.7 Å². The van der Waals surface area contributed by atoms with Gasteiger partial charge in [0.15, 0.2) is 6.29 Å². The summed E-state index contributed by atoms with van der Waals surface area (Å²) in [6.45, 7) is -0.556. The Morgan fingerprint density at radius 3 is 1.93 bits per heavy atom. The summed E-state index contributed by atoms with van der Waals surface area (Å²) in [4.78, 5) is 23.9. The molecule has 7 N–H and O–H groups in total. The minimum absolute atomic E-state index is 0.0841. The first-order chi connectivity index (χ1) is 21.6. The topological polar surface area (TPSA) is 203 Å².